The molecule has 0 saturated heterocycles. The molecule has 1 aromatic heterocycles. The summed E-state index contributed by atoms with van der Waals surface area (Å²) in [5.74, 6) is 0. The van der Waals surface area contributed by atoms with E-state index in [9.17, 15) is 0 Å². The second kappa shape index (κ2) is 8.73. The number of rotatable bonds is 3. The average Bonchev–Trinajstić information content (AvgIpc) is 3.59. The summed E-state index contributed by atoms with van der Waals surface area (Å²) in [7, 11) is 0. The van der Waals surface area contributed by atoms with Crippen LogP contribution < -0.4 is 0 Å². The van der Waals surface area contributed by atoms with Crippen LogP contribution in [0.1, 0.15) is 46.3 Å². The number of aromatic nitrogens is 1. The van der Waals surface area contributed by atoms with E-state index in [1.165, 1.54) is 25.2 Å². The summed E-state index contributed by atoms with van der Waals surface area (Å²) in [5, 5.41) is 0. The Morgan fingerprint density at radius 1 is 0.447 bits per heavy atom. The second-order valence-corrected chi connectivity index (χ2v) is 12.4. The van der Waals surface area contributed by atoms with Gasteiger partial charge in [0.2, 0.25) is 0 Å². The molecule has 2 unspecified atom stereocenters. The number of fused-ring (bicyclic) bond motifs is 2. The Morgan fingerprint density at radius 2 is 0.868 bits per heavy atom. The molecule has 4 aliphatic rings. The van der Waals surface area contributed by atoms with Gasteiger partial charge in [-0.05, 0) is 0 Å². The topological polar surface area (TPSA) is 25.9 Å². The summed E-state index contributed by atoms with van der Waals surface area (Å²) in [4.78, 5) is 15.3. The standard InChI is InChI=1S/C32H25N5.Ir/c1-4-11-25(12-5-1)30-28-17-10-18-29(33-28)31(26-13-6-2-7-14-26)35-20-22-37(24-35)32(27-15-8-3-9-16-27)36-21-19-34(30)23-36;/h1-22,30-32H;. The van der Waals surface area contributed by atoms with Gasteiger partial charge in [0.15, 0.2) is 0 Å². The molecule has 5 nitrogen and oxygen atoms in total. The molecule has 0 fully saturated rings. The van der Waals surface area contributed by atoms with E-state index in [-0.39, 0.29) is 18.2 Å². The van der Waals surface area contributed by atoms with Gasteiger partial charge in [0, 0.05) is 0 Å². The Hall–Kier alpha value is -4.12. The predicted octanol–water partition coefficient (Wildman–Crippen LogP) is 5.42. The van der Waals surface area contributed by atoms with Crippen LogP contribution in [0.15, 0.2) is 134 Å². The van der Waals surface area contributed by atoms with Crippen LogP contribution in [0.3, 0.4) is 0 Å². The van der Waals surface area contributed by atoms with E-state index < -0.39 is 16.8 Å². The summed E-state index contributed by atoms with van der Waals surface area (Å²) in [5.41, 5.74) is 5.94. The van der Waals surface area contributed by atoms with Crippen LogP contribution in [0.25, 0.3) is 0 Å². The quantitative estimate of drug-likeness (QED) is 0.290. The summed E-state index contributed by atoms with van der Waals surface area (Å²) < 4.78 is 2.79. The third-order valence-corrected chi connectivity index (χ3v) is 11.0. The Balaban J connectivity index is 1.41. The van der Waals surface area contributed by atoms with Crippen molar-refractivity contribution < 1.29 is 16.8 Å². The number of benzene rings is 3. The molecular weight excluding hydrogens is 647 g/mol. The van der Waals surface area contributed by atoms with Crippen LogP contribution in [0.4, 0.5) is 0 Å². The van der Waals surface area contributed by atoms with E-state index in [1.807, 2.05) is 0 Å². The molecule has 6 heteroatoms. The van der Waals surface area contributed by atoms with Crippen LogP contribution in [0.2, 0.25) is 0 Å². The van der Waals surface area contributed by atoms with Crippen LogP contribution in [0, 0.1) is 0 Å². The first kappa shape index (κ1) is 21.9. The number of nitrogens with zero attached hydrogens (tertiary/aromatic N) is 5. The summed E-state index contributed by atoms with van der Waals surface area (Å²) in [6.45, 7) is 0. The second-order valence-electron chi connectivity index (χ2n) is 9.70. The molecule has 38 heavy (non-hydrogen) atoms. The van der Waals surface area contributed by atoms with Gasteiger partial charge in [0.05, 0.1) is 0 Å². The zero-order valence-electron chi connectivity index (χ0n) is 20.5. The molecule has 0 N–H and O–H groups in total. The Kier molecular flexibility index (Phi) is 5.03. The van der Waals surface area contributed by atoms with Gasteiger partial charge >= 0.3 is 230 Å². The Bertz CT molecular complexity index is 1550. The van der Waals surface area contributed by atoms with E-state index in [2.05, 4.69) is 154 Å². The van der Waals surface area contributed by atoms with Gasteiger partial charge in [-0.2, -0.15) is 0 Å². The molecular formula is C32H25IrN5. The van der Waals surface area contributed by atoms with Crippen molar-refractivity contribution in [3.05, 3.63) is 162 Å². The molecule has 0 aliphatic carbocycles. The van der Waals surface area contributed by atoms with Crippen molar-refractivity contribution in [1.29, 1.82) is 0 Å². The number of pyridine rings is 1. The van der Waals surface area contributed by atoms with Crippen molar-refractivity contribution in [2.45, 2.75) is 18.2 Å². The van der Waals surface area contributed by atoms with E-state index in [0.29, 0.717) is 0 Å². The van der Waals surface area contributed by atoms with E-state index in [0.717, 1.165) is 11.4 Å². The third kappa shape index (κ3) is 3.31. The molecule has 2 atom stereocenters. The molecule has 8 rings (SSSR count). The van der Waals surface area contributed by atoms with Crippen molar-refractivity contribution in [2.75, 3.05) is 0 Å². The van der Waals surface area contributed by atoms with Crippen LogP contribution >= 0.6 is 0 Å². The van der Waals surface area contributed by atoms with Crippen molar-refractivity contribution in [3.8, 4) is 0 Å². The van der Waals surface area contributed by atoms with E-state index >= 15 is 0 Å². The Labute approximate surface area is 229 Å². The fraction of sp³-hybridized carbons (Fsp3) is 0.0938. The molecule has 4 bridgehead atoms. The van der Waals surface area contributed by atoms with Crippen molar-refractivity contribution in [3.63, 3.8) is 0 Å². The molecule has 4 aliphatic heterocycles. The molecule has 5 heterocycles. The van der Waals surface area contributed by atoms with Crippen molar-refractivity contribution in [1.82, 2.24) is 24.6 Å². The van der Waals surface area contributed by atoms with Gasteiger partial charge in [0.1, 0.15) is 0 Å². The van der Waals surface area contributed by atoms with Gasteiger partial charge in [-0.25, -0.2) is 0 Å². The maximum atomic E-state index is 5.39. The van der Waals surface area contributed by atoms with Crippen molar-refractivity contribution in [2.24, 2.45) is 0 Å². The normalized spacial score (nSPS) is 22.9. The number of hydrogen-bond donors (Lipinski definition) is 0. The SMILES string of the molecule is C1=CN2[C]3=[Ir]=[C]4N(C=CN4C2c2ccccc2)C(c2ccccc2)c2cccc(n2)C(c2ccccc2)N13. The fourth-order valence-corrected chi connectivity index (χ4v) is 9.46. The predicted molar refractivity (Wildman–Crippen MR) is 146 cm³/mol. The van der Waals surface area contributed by atoms with Crippen LogP contribution in [-0.4, -0.2) is 33.1 Å². The molecule has 0 saturated carbocycles. The first-order chi connectivity index (χ1) is 18.9. The molecule has 4 aromatic rings. The van der Waals surface area contributed by atoms with Crippen LogP contribution in [-0.2, 0) is 16.8 Å². The summed E-state index contributed by atoms with van der Waals surface area (Å²) >= 11 is -0.691. The molecule has 187 valence electrons. The van der Waals surface area contributed by atoms with Crippen molar-refractivity contribution >= 4 is 8.54 Å². The monoisotopic (exact) mass is 672 g/mol. The van der Waals surface area contributed by atoms with Gasteiger partial charge in [-0.15, -0.1) is 0 Å². The zero-order valence-corrected chi connectivity index (χ0v) is 22.9. The fourth-order valence-electron chi connectivity index (χ4n) is 5.83. The van der Waals surface area contributed by atoms with Gasteiger partial charge in [-0.3, -0.25) is 0 Å². The summed E-state index contributed by atoms with van der Waals surface area (Å²) in [6.07, 6.45) is 9.16. The first-order valence-electron chi connectivity index (χ1n) is 12.8. The van der Waals surface area contributed by atoms with Crippen LogP contribution in [0.5, 0.6) is 0 Å². The molecule has 0 radical (unpaired) electrons. The van der Waals surface area contributed by atoms with Gasteiger partial charge in [0.25, 0.3) is 0 Å². The van der Waals surface area contributed by atoms with Gasteiger partial charge in [-0.1, -0.05) is 0 Å². The number of hydrogen-bond acceptors (Lipinski definition) is 5. The molecule has 0 amide bonds. The average molecular weight is 672 g/mol. The summed E-state index contributed by atoms with van der Waals surface area (Å²) in [6, 6.07) is 39.1. The Morgan fingerprint density at radius 3 is 1.34 bits per heavy atom. The first-order valence-corrected chi connectivity index (χ1v) is 15.2. The minimum absolute atomic E-state index is 0.0112. The minimum atomic E-state index is -0.691. The van der Waals surface area contributed by atoms with E-state index in [4.69, 9.17) is 4.98 Å². The third-order valence-electron chi connectivity index (χ3n) is 7.50. The van der Waals surface area contributed by atoms with E-state index in [1.54, 1.807) is 0 Å². The molecule has 0 spiro atoms. The maximum absolute atomic E-state index is 5.39. The molecule has 3 aromatic carbocycles. The van der Waals surface area contributed by atoms with Gasteiger partial charge < -0.3 is 0 Å². The zero-order chi connectivity index (χ0) is 25.1.